The third kappa shape index (κ3) is 14.3. The van der Waals surface area contributed by atoms with Crippen molar-refractivity contribution in [1.29, 1.82) is 0 Å². The standard InChI is InChI=1S/C62H71F3N2O6/c1-4-7-10-12-14-16-18-20-23-42-27-33-46(34-28-42)72-52-39-50(66-44-31-25-41(26-32-44)22-9-6-3)54-56(59(52)68)62(71)55-51(67-45-37-48(63)58(65)49(64)38-45)40-53(60(69)57(55)61(54)70)73-47-35-29-43(30-36-47)24-21-19-17-15-13-11-8-5-2/h25-40,66-69H,4-24H2,1-3H3. The summed E-state index contributed by atoms with van der Waals surface area (Å²) in [6.07, 6.45) is 24.0. The number of benzene rings is 6. The van der Waals surface area contributed by atoms with Crippen LogP contribution in [0.25, 0.3) is 0 Å². The summed E-state index contributed by atoms with van der Waals surface area (Å²) in [6.45, 7) is 6.55. The lowest BCUT2D eigenvalue weighted by Gasteiger charge is -2.27. The quantitative estimate of drug-likeness (QED) is 0.0208. The molecule has 6 aromatic rings. The van der Waals surface area contributed by atoms with E-state index in [0.29, 0.717) is 29.3 Å². The largest absolute Gasteiger partial charge is 0.504 e. The molecular weight excluding hydrogens is 926 g/mol. The van der Waals surface area contributed by atoms with Gasteiger partial charge in [0.05, 0.1) is 33.6 Å². The predicted octanol–water partition coefficient (Wildman–Crippen LogP) is 18.1. The fourth-order valence-corrected chi connectivity index (χ4v) is 9.51. The van der Waals surface area contributed by atoms with Crippen LogP contribution in [0.1, 0.15) is 185 Å². The molecule has 1 aliphatic carbocycles. The van der Waals surface area contributed by atoms with Crippen molar-refractivity contribution in [3.8, 4) is 34.5 Å². The van der Waals surface area contributed by atoms with Crippen LogP contribution in [-0.2, 0) is 19.3 Å². The third-order valence-electron chi connectivity index (χ3n) is 13.7. The zero-order valence-corrected chi connectivity index (χ0v) is 42.7. The summed E-state index contributed by atoms with van der Waals surface area (Å²) < 4.78 is 56.1. The number of anilines is 4. The maximum atomic E-state index is 15.2. The number of ketones is 2. The fraction of sp³-hybridized carbons (Fsp3) is 0.387. The zero-order valence-electron chi connectivity index (χ0n) is 42.7. The number of carbonyl (C=O) groups is 2. The molecule has 0 aliphatic heterocycles. The number of fused-ring (bicyclic) bond motifs is 2. The molecule has 0 fully saturated rings. The Morgan fingerprint density at radius 2 is 0.753 bits per heavy atom. The third-order valence-corrected chi connectivity index (χ3v) is 13.7. The molecule has 386 valence electrons. The molecular formula is C62H71F3N2O6. The summed E-state index contributed by atoms with van der Waals surface area (Å²) in [7, 11) is 0. The Morgan fingerprint density at radius 1 is 0.411 bits per heavy atom. The number of hydrogen-bond acceptors (Lipinski definition) is 8. The van der Waals surface area contributed by atoms with Crippen LogP contribution in [-0.4, -0.2) is 21.8 Å². The molecule has 0 aromatic heterocycles. The first kappa shape index (κ1) is 54.0. The van der Waals surface area contributed by atoms with Gasteiger partial charge in [-0.15, -0.1) is 0 Å². The van der Waals surface area contributed by atoms with Gasteiger partial charge in [-0.25, -0.2) is 13.2 Å². The van der Waals surface area contributed by atoms with Gasteiger partial charge < -0.3 is 30.3 Å². The van der Waals surface area contributed by atoms with Crippen LogP contribution in [0.4, 0.5) is 35.9 Å². The first-order valence-electron chi connectivity index (χ1n) is 26.7. The highest BCUT2D eigenvalue weighted by atomic mass is 19.2. The van der Waals surface area contributed by atoms with Crippen LogP contribution in [0, 0.1) is 17.5 Å². The monoisotopic (exact) mass is 997 g/mol. The number of hydrogen-bond donors (Lipinski definition) is 4. The van der Waals surface area contributed by atoms with Crippen molar-refractivity contribution in [3.63, 3.8) is 0 Å². The van der Waals surface area contributed by atoms with Gasteiger partial charge in [0.2, 0.25) is 11.6 Å². The van der Waals surface area contributed by atoms with Crippen molar-refractivity contribution in [2.24, 2.45) is 0 Å². The second-order valence-corrected chi connectivity index (χ2v) is 19.4. The first-order valence-corrected chi connectivity index (χ1v) is 26.7. The van der Waals surface area contributed by atoms with Crippen molar-refractivity contribution in [2.75, 3.05) is 10.6 Å². The molecule has 0 amide bonds. The number of carbonyl (C=O) groups excluding carboxylic acids is 2. The minimum absolute atomic E-state index is 0.106. The van der Waals surface area contributed by atoms with Crippen molar-refractivity contribution in [3.05, 3.63) is 153 Å². The number of aromatic hydroxyl groups is 2. The average molecular weight is 997 g/mol. The van der Waals surface area contributed by atoms with E-state index in [4.69, 9.17) is 9.47 Å². The molecule has 73 heavy (non-hydrogen) atoms. The Hall–Kier alpha value is -6.75. The van der Waals surface area contributed by atoms with Crippen molar-refractivity contribution >= 4 is 34.3 Å². The number of rotatable bonds is 29. The average Bonchev–Trinajstić information content (AvgIpc) is 3.38. The lowest BCUT2D eigenvalue weighted by Crippen LogP contribution is -2.24. The summed E-state index contributed by atoms with van der Waals surface area (Å²) in [6, 6.07) is 26.5. The maximum absolute atomic E-state index is 15.2. The first-order chi connectivity index (χ1) is 35.5. The molecule has 0 heterocycles. The molecule has 0 unspecified atom stereocenters. The minimum Gasteiger partial charge on any atom is -0.504 e. The zero-order chi connectivity index (χ0) is 51.7. The normalized spacial score (nSPS) is 11.9. The van der Waals surface area contributed by atoms with E-state index in [-0.39, 0.29) is 34.1 Å². The smallest absolute Gasteiger partial charge is 0.200 e. The molecule has 0 spiro atoms. The van der Waals surface area contributed by atoms with Gasteiger partial charge in [-0.05, 0) is 91.6 Å². The van der Waals surface area contributed by atoms with Gasteiger partial charge >= 0.3 is 0 Å². The van der Waals surface area contributed by atoms with Gasteiger partial charge in [-0.2, -0.15) is 0 Å². The molecule has 1 aliphatic rings. The molecule has 8 nitrogen and oxygen atoms in total. The molecule has 11 heteroatoms. The Bertz CT molecular complexity index is 2770. The molecule has 0 radical (unpaired) electrons. The van der Waals surface area contributed by atoms with Gasteiger partial charge in [-0.1, -0.05) is 153 Å². The highest BCUT2D eigenvalue weighted by molar-refractivity contribution is 6.34. The summed E-state index contributed by atoms with van der Waals surface area (Å²) in [4.78, 5) is 30.3. The number of unbranched alkanes of at least 4 members (excludes halogenated alkanes) is 15. The highest BCUT2D eigenvalue weighted by Gasteiger charge is 2.41. The number of aryl methyl sites for hydroxylation is 3. The van der Waals surface area contributed by atoms with Gasteiger partial charge in [0.25, 0.3) is 0 Å². The number of halogens is 3. The summed E-state index contributed by atoms with van der Waals surface area (Å²) in [5.41, 5.74) is 1.93. The van der Waals surface area contributed by atoms with Crippen LogP contribution in [0.15, 0.2) is 97.1 Å². The Balaban J connectivity index is 1.22. The van der Waals surface area contributed by atoms with E-state index >= 15 is 9.59 Å². The van der Waals surface area contributed by atoms with Gasteiger partial charge in [-0.3, -0.25) is 9.59 Å². The molecule has 4 N–H and O–H groups in total. The lowest BCUT2D eigenvalue weighted by molar-refractivity contribution is 0.0974. The predicted molar refractivity (Wildman–Crippen MR) is 287 cm³/mol. The topological polar surface area (TPSA) is 117 Å². The molecule has 0 bridgehead atoms. The Labute approximate surface area is 429 Å². The number of phenols is 2. The van der Waals surface area contributed by atoms with Crippen molar-refractivity contribution < 1.29 is 42.4 Å². The van der Waals surface area contributed by atoms with E-state index in [2.05, 4.69) is 31.4 Å². The number of nitrogens with one attached hydrogen (secondary N) is 2. The number of ether oxygens (including phenoxy) is 2. The van der Waals surface area contributed by atoms with Crippen LogP contribution in [0.5, 0.6) is 34.5 Å². The molecule has 0 saturated carbocycles. The molecule has 0 atom stereocenters. The lowest BCUT2D eigenvalue weighted by atomic mass is 9.80. The second-order valence-electron chi connectivity index (χ2n) is 19.4. The van der Waals surface area contributed by atoms with E-state index in [0.717, 1.165) is 74.5 Å². The van der Waals surface area contributed by atoms with Gasteiger partial charge in [0, 0.05) is 35.6 Å². The fourth-order valence-electron chi connectivity index (χ4n) is 9.51. The molecule has 0 saturated heterocycles. The SMILES string of the molecule is CCCCCCCCCCc1ccc(Oc2cc(Nc3ccc(CCCC)cc3)c3c(c2O)C(=O)c2c(Nc4cc(F)c(F)c(F)c4)cc(Oc4ccc(CCCCCCCCCC)cc4)c(O)c2C3=O)cc1. The second kappa shape index (κ2) is 26.8. The van der Waals surface area contributed by atoms with E-state index in [1.54, 1.807) is 24.3 Å². The summed E-state index contributed by atoms with van der Waals surface area (Å²) in [5, 5.41) is 30.2. The van der Waals surface area contributed by atoms with Crippen molar-refractivity contribution in [1.82, 2.24) is 0 Å². The minimum atomic E-state index is -1.69. The van der Waals surface area contributed by atoms with Gasteiger partial charge in [0.15, 0.2) is 40.4 Å². The van der Waals surface area contributed by atoms with Crippen molar-refractivity contribution in [2.45, 2.75) is 156 Å². The number of phenolic OH excluding ortho intramolecular Hbond substituents is 2. The summed E-state index contributed by atoms with van der Waals surface area (Å²) >= 11 is 0. The van der Waals surface area contributed by atoms with Crippen LogP contribution < -0.4 is 20.1 Å². The van der Waals surface area contributed by atoms with E-state index in [1.807, 2.05) is 48.5 Å². The molecule has 7 rings (SSSR count). The van der Waals surface area contributed by atoms with Crippen LogP contribution in [0.3, 0.4) is 0 Å². The highest BCUT2D eigenvalue weighted by Crippen LogP contribution is 2.51. The Morgan fingerprint density at radius 3 is 1.15 bits per heavy atom. The van der Waals surface area contributed by atoms with Crippen LogP contribution >= 0.6 is 0 Å². The molecule has 6 aromatic carbocycles. The maximum Gasteiger partial charge on any atom is 0.200 e. The van der Waals surface area contributed by atoms with E-state index in [1.165, 1.54) is 89.2 Å². The van der Waals surface area contributed by atoms with Gasteiger partial charge in [0.1, 0.15) is 11.5 Å². The summed E-state index contributed by atoms with van der Waals surface area (Å²) in [5.74, 6) is -7.49. The van der Waals surface area contributed by atoms with Crippen LogP contribution in [0.2, 0.25) is 0 Å². The van der Waals surface area contributed by atoms with E-state index < -0.39 is 57.2 Å². The van der Waals surface area contributed by atoms with E-state index in [9.17, 15) is 23.4 Å². The Kier molecular flexibility index (Phi) is 19.8.